The lowest BCUT2D eigenvalue weighted by Crippen LogP contribution is -2.61. The van der Waals surface area contributed by atoms with Crippen molar-refractivity contribution in [2.75, 3.05) is 0 Å². The topological polar surface area (TPSA) is 37.3 Å². The van der Waals surface area contributed by atoms with Crippen LogP contribution in [0.5, 0.6) is 0 Å². The quantitative estimate of drug-likeness (QED) is 0.777. The third-order valence-electron chi connectivity index (χ3n) is 7.08. The van der Waals surface area contributed by atoms with E-state index < -0.39 is 5.60 Å². The van der Waals surface area contributed by atoms with E-state index in [0.717, 1.165) is 31.3 Å². The molecule has 3 aliphatic carbocycles. The summed E-state index contributed by atoms with van der Waals surface area (Å²) in [6.07, 6.45) is 8.58. The Morgan fingerprint density at radius 3 is 2.50 bits per heavy atom. The van der Waals surface area contributed by atoms with E-state index in [1.54, 1.807) is 0 Å². The Balaban J connectivity index is 2.08. The van der Waals surface area contributed by atoms with E-state index in [0.29, 0.717) is 18.1 Å². The van der Waals surface area contributed by atoms with Crippen LogP contribution >= 0.6 is 0 Å². The molecule has 3 aliphatic rings. The van der Waals surface area contributed by atoms with Gasteiger partial charge in [0, 0.05) is 17.3 Å². The molecule has 0 bridgehead atoms. The minimum atomic E-state index is -0.758. The van der Waals surface area contributed by atoms with Crippen LogP contribution in [0.15, 0.2) is 23.3 Å². The molecule has 2 heteroatoms. The second-order valence-corrected chi connectivity index (χ2v) is 8.74. The standard InChI is InChI=1S/C20H30O2/c1-13(2)14-8-11-20(22)15(12-14)6-7-16-18(3,4)17(21)9-10-19(16,20)5/h6,12-13,16,22H,7-11H2,1-5H3/t16?,19-,20+/m0/s1. The third kappa shape index (κ3) is 1.92. The van der Waals surface area contributed by atoms with Crippen LogP contribution in [0.1, 0.15) is 66.7 Å². The summed E-state index contributed by atoms with van der Waals surface area (Å²) in [6, 6.07) is 0. The third-order valence-corrected chi connectivity index (χ3v) is 7.08. The first kappa shape index (κ1) is 16.0. The molecule has 3 atom stereocenters. The molecule has 3 rings (SSSR count). The predicted molar refractivity (Wildman–Crippen MR) is 89.4 cm³/mol. The Hall–Kier alpha value is -0.890. The van der Waals surface area contributed by atoms with Gasteiger partial charge in [-0.3, -0.25) is 4.79 Å². The van der Waals surface area contributed by atoms with Crippen LogP contribution < -0.4 is 0 Å². The molecular weight excluding hydrogens is 272 g/mol. The molecule has 0 aromatic carbocycles. The normalized spacial score (nSPS) is 40.7. The summed E-state index contributed by atoms with van der Waals surface area (Å²) in [7, 11) is 0. The van der Waals surface area contributed by atoms with E-state index in [2.05, 4.69) is 46.8 Å². The number of hydrogen-bond acceptors (Lipinski definition) is 2. The van der Waals surface area contributed by atoms with Crippen molar-refractivity contribution >= 4 is 5.78 Å². The summed E-state index contributed by atoms with van der Waals surface area (Å²) in [4.78, 5) is 12.4. The molecule has 1 saturated carbocycles. The fourth-order valence-corrected chi connectivity index (χ4v) is 5.31. The average molecular weight is 302 g/mol. The molecule has 0 spiro atoms. The van der Waals surface area contributed by atoms with E-state index in [9.17, 15) is 9.90 Å². The maximum atomic E-state index is 12.4. The highest BCUT2D eigenvalue weighted by molar-refractivity contribution is 5.85. The molecule has 0 amide bonds. The van der Waals surface area contributed by atoms with Crippen molar-refractivity contribution in [2.24, 2.45) is 22.7 Å². The highest BCUT2D eigenvalue weighted by Gasteiger charge is 2.62. The Morgan fingerprint density at radius 1 is 1.18 bits per heavy atom. The largest absolute Gasteiger partial charge is 0.385 e. The van der Waals surface area contributed by atoms with Gasteiger partial charge in [-0.25, -0.2) is 0 Å². The van der Waals surface area contributed by atoms with Gasteiger partial charge in [0.05, 0.1) is 5.60 Å². The van der Waals surface area contributed by atoms with Gasteiger partial charge in [-0.15, -0.1) is 0 Å². The number of allylic oxidation sites excluding steroid dienone is 2. The van der Waals surface area contributed by atoms with Gasteiger partial charge in [-0.1, -0.05) is 52.3 Å². The van der Waals surface area contributed by atoms with E-state index in [-0.39, 0.29) is 16.7 Å². The molecule has 1 unspecified atom stereocenters. The number of carbonyl (C=O) groups is 1. The second-order valence-electron chi connectivity index (χ2n) is 8.74. The zero-order chi connectivity index (χ0) is 16.3. The van der Waals surface area contributed by atoms with Crippen LogP contribution in [0.2, 0.25) is 0 Å². The molecule has 122 valence electrons. The molecule has 2 nitrogen and oxygen atoms in total. The van der Waals surface area contributed by atoms with Crippen molar-refractivity contribution in [1.82, 2.24) is 0 Å². The van der Waals surface area contributed by atoms with Gasteiger partial charge in [-0.05, 0) is 43.1 Å². The fraction of sp³-hybridized carbons (Fsp3) is 0.750. The maximum Gasteiger partial charge on any atom is 0.138 e. The summed E-state index contributed by atoms with van der Waals surface area (Å²) >= 11 is 0. The number of Topliss-reactive ketones (excluding diaryl/α,β-unsaturated/α-hetero) is 1. The van der Waals surface area contributed by atoms with Gasteiger partial charge in [0.15, 0.2) is 0 Å². The van der Waals surface area contributed by atoms with Gasteiger partial charge in [-0.2, -0.15) is 0 Å². The minimum Gasteiger partial charge on any atom is -0.385 e. The van der Waals surface area contributed by atoms with Crippen molar-refractivity contribution in [3.63, 3.8) is 0 Å². The highest BCUT2D eigenvalue weighted by Crippen LogP contribution is 2.62. The molecule has 1 fully saturated rings. The smallest absolute Gasteiger partial charge is 0.138 e. The molecule has 0 heterocycles. The van der Waals surface area contributed by atoms with Crippen molar-refractivity contribution in [3.8, 4) is 0 Å². The summed E-state index contributed by atoms with van der Waals surface area (Å²) in [6.45, 7) is 10.8. The summed E-state index contributed by atoms with van der Waals surface area (Å²) in [5.41, 5.74) is 1.29. The van der Waals surface area contributed by atoms with Gasteiger partial charge in [0.25, 0.3) is 0 Å². The number of rotatable bonds is 1. The van der Waals surface area contributed by atoms with Crippen molar-refractivity contribution < 1.29 is 9.90 Å². The minimum absolute atomic E-state index is 0.187. The van der Waals surface area contributed by atoms with Crippen LogP contribution in [-0.4, -0.2) is 16.5 Å². The molecular formula is C20H30O2. The van der Waals surface area contributed by atoms with Crippen molar-refractivity contribution in [3.05, 3.63) is 23.3 Å². The van der Waals surface area contributed by atoms with E-state index >= 15 is 0 Å². The van der Waals surface area contributed by atoms with Gasteiger partial charge in [0.1, 0.15) is 5.78 Å². The van der Waals surface area contributed by atoms with Crippen LogP contribution in [0.4, 0.5) is 0 Å². The van der Waals surface area contributed by atoms with Crippen LogP contribution in [-0.2, 0) is 4.79 Å². The van der Waals surface area contributed by atoms with E-state index in [1.165, 1.54) is 5.57 Å². The number of ketones is 1. The molecule has 0 aromatic rings. The summed E-state index contributed by atoms with van der Waals surface area (Å²) in [5.74, 6) is 1.15. The first-order valence-electron chi connectivity index (χ1n) is 8.80. The van der Waals surface area contributed by atoms with Crippen LogP contribution in [0.25, 0.3) is 0 Å². The highest BCUT2D eigenvalue weighted by atomic mass is 16.3. The average Bonchev–Trinajstić information content (AvgIpc) is 2.44. The summed E-state index contributed by atoms with van der Waals surface area (Å²) < 4.78 is 0. The lowest BCUT2D eigenvalue weighted by molar-refractivity contribution is -0.164. The monoisotopic (exact) mass is 302 g/mol. The number of hydrogen-bond donors (Lipinski definition) is 1. The lowest BCUT2D eigenvalue weighted by atomic mass is 9.45. The summed E-state index contributed by atoms with van der Waals surface area (Å²) in [5, 5.41) is 11.6. The number of fused-ring (bicyclic) bond motifs is 3. The SMILES string of the molecule is CC(C)C1=CC2=CCC3C(C)(C)C(=O)CC[C@]3(C)[C@@]2(O)CC1. The molecule has 0 aromatic heterocycles. The van der Waals surface area contributed by atoms with Crippen molar-refractivity contribution in [1.29, 1.82) is 0 Å². The second kappa shape index (κ2) is 4.80. The molecule has 0 saturated heterocycles. The Kier molecular flexibility index (Phi) is 3.49. The number of carbonyl (C=O) groups excluding carboxylic acids is 1. The number of aliphatic hydroxyl groups is 1. The fourth-order valence-electron chi connectivity index (χ4n) is 5.31. The Labute approximate surface area is 134 Å². The Morgan fingerprint density at radius 2 is 1.86 bits per heavy atom. The van der Waals surface area contributed by atoms with E-state index in [1.807, 2.05) is 0 Å². The van der Waals surface area contributed by atoms with E-state index in [4.69, 9.17) is 0 Å². The zero-order valence-corrected chi connectivity index (χ0v) is 14.7. The molecule has 1 N–H and O–H groups in total. The maximum absolute atomic E-state index is 12.4. The van der Waals surface area contributed by atoms with Gasteiger partial charge in [0.2, 0.25) is 0 Å². The Bertz CT molecular complexity index is 566. The first-order chi connectivity index (χ1) is 10.1. The van der Waals surface area contributed by atoms with Crippen LogP contribution in [0.3, 0.4) is 0 Å². The molecule has 0 aliphatic heterocycles. The zero-order valence-electron chi connectivity index (χ0n) is 14.7. The van der Waals surface area contributed by atoms with Crippen LogP contribution in [0, 0.1) is 22.7 Å². The molecule has 0 radical (unpaired) electrons. The van der Waals surface area contributed by atoms with Crippen molar-refractivity contribution in [2.45, 2.75) is 72.3 Å². The lowest BCUT2D eigenvalue weighted by Gasteiger charge is -2.60. The van der Waals surface area contributed by atoms with Gasteiger partial charge >= 0.3 is 0 Å². The molecule has 22 heavy (non-hydrogen) atoms. The first-order valence-corrected chi connectivity index (χ1v) is 8.80. The predicted octanol–water partition coefficient (Wildman–Crippen LogP) is 4.44. The van der Waals surface area contributed by atoms with Gasteiger partial charge < -0.3 is 5.11 Å².